The van der Waals surface area contributed by atoms with E-state index in [1.165, 1.54) is 7.11 Å². The molecule has 0 saturated carbocycles. The highest BCUT2D eigenvalue weighted by atomic mass is 16.5. The van der Waals surface area contributed by atoms with Crippen molar-refractivity contribution in [1.29, 1.82) is 0 Å². The SMILES string of the molecule is CCCC(O)(CC(=O)OC)c1ccccc1C. The van der Waals surface area contributed by atoms with Gasteiger partial charge < -0.3 is 9.84 Å². The van der Waals surface area contributed by atoms with Gasteiger partial charge in [-0.05, 0) is 24.5 Å². The van der Waals surface area contributed by atoms with E-state index in [-0.39, 0.29) is 12.4 Å². The highest BCUT2D eigenvalue weighted by molar-refractivity contribution is 5.71. The summed E-state index contributed by atoms with van der Waals surface area (Å²) in [6, 6.07) is 7.60. The number of benzene rings is 1. The number of hydrogen-bond donors (Lipinski definition) is 1. The number of rotatable bonds is 5. The zero-order valence-electron chi connectivity index (χ0n) is 10.7. The largest absolute Gasteiger partial charge is 0.469 e. The van der Waals surface area contributed by atoms with Crippen molar-refractivity contribution in [3.8, 4) is 0 Å². The molecule has 0 amide bonds. The van der Waals surface area contributed by atoms with Crippen LogP contribution in [0.4, 0.5) is 0 Å². The quantitative estimate of drug-likeness (QED) is 0.799. The standard InChI is InChI=1S/C14H20O3/c1-4-9-14(16,10-13(15)17-3)12-8-6-5-7-11(12)2/h5-8,16H,4,9-10H2,1-3H3. The van der Waals surface area contributed by atoms with Crippen LogP contribution in [0, 0.1) is 6.92 Å². The van der Waals surface area contributed by atoms with Gasteiger partial charge in [-0.15, -0.1) is 0 Å². The van der Waals surface area contributed by atoms with Crippen LogP contribution in [-0.4, -0.2) is 18.2 Å². The Bertz CT molecular complexity index is 387. The maximum absolute atomic E-state index is 11.4. The van der Waals surface area contributed by atoms with Crippen LogP contribution in [0.5, 0.6) is 0 Å². The Morgan fingerprint density at radius 2 is 2.06 bits per heavy atom. The molecule has 0 spiro atoms. The lowest BCUT2D eigenvalue weighted by Gasteiger charge is -2.28. The summed E-state index contributed by atoms with van der Waals surface area (Å²) < 4.78 is 4.65. The first kappa shape index (κ1) is 13.7. The van der Waals surface area contributed by atoms with Crippen molar-refractivity contribution in [3.63, 3.8) is 0 Å². The molecule has 0 aliphatic rings. The molecule has 1 aromatic rings. The van der Waals surface area contributed by atoms with Gasteiger partial charge in [0.2, 0.25) is 0 Å². The molecule has 0 saturated heterocycles. The molecule has 94 valence electrons. The van der Waals surface area contributed by atoms with E-state index >= 15 is 0 Å². The first-order chi connectivity index (χ1) is 8.03. The van der Waals surface area contributed by atoms with Crippen LogP contribution in [0.1, 0.15) is 37.3 Å². The highest BCUT2D eigenvalue weighted by Gasteiger charge is 2.32. The molecule has 1 rings (SSSR count). The second-order valence-electron chi connectivity index (χ2n) is 4.35. The lowest BCUT2D eigenvalue weighted by molar-refractivity contribution is -0.147. The molecular weight excluding hydrogens is 216 g/mol. The number of carbonyl (C=O) groups excluding carboxylic acids is 1. The Hall–Kier alpha value is -1.35. The fraction of sp³-hybridized carbons (Fsp3) is 0.500. The Labute approximate surface area is 102 Å². The van der Waals surface area contributed by atoms with Crippen LogP contribution in [0.25, 0.3) is 0 Å². The molecule has 0 bridgehead atoms. The predicted octanol–water partition coefficient (Wildman–Crippen LogP) is 2.55. The van der Waals surface area contributed by atoms with E-state index in [1.807, 2.05) is 38.1 Å². The zero-order valence-corrected chi connectivity index (χ0v) is 10.7. The first-order valence-corrected chi connectivity index (χ1v) is 5.89. The molecule has 0 aromatic heterocycles. The molecule has 3 heteroatoms. The van der Waals surface area contributed by atoms with E-state index in [0.717, 1.165) is 17.5 Å². The summed E-state index contributed by atoms with van der Waals surface area (Å²) in [5.41, 5.74) is 0.687. The van der Waals surface area contributed by atoms with E-state index in [2.05, 4.69) is 4.74 Å². The summed E-state index contributed by atoms with van der Waals surface area (Å²) in [4.78, 5) is 11.4. The summed E-state index contributed by atoms with van der Waals surface area (Å²) in [7, 11) is 1.34. The first-order valence-electron chi connectivity index (χ1n) is 5.89. The fourth-order valence-corrected chi connectivity index (χ4v) is 2.14. The van der Waals surface area contributed by atoms with E-state index in [4.69, 9.17) is 0 Å². The predicted molar refractivity (Wildman–Crippen MR) is 66.6 cm³/mol. The average molecular weight is 236 g/mol. The molecule has 1 N–H and O–H groups in total. The summed E-state index contributed by atoms with van der Waals surface area (Å²) in [5, 5.41) is 10.7. The van der Waals surface area contributed by atoms with E-state index in [0.29, 0.717) is 6.42 Å². The molecule has 17 heavy (non-hydrogen) atoms. The smallest absolute Gasteiger partial charge is 0.308 e. The maximum atomic E-state index is 11.4. The normalized spacial score (nSPS) is 14.1. The zero-order chi connectivity index (χ0) is 12.9. The molecular formula is C14H20O3. The summed E-state index contributed by atoms with van der Waals surface area (Å²) in [5.74, 6) is -0.385. The van der Waals surface area contributed by atoms with Gasteiger partial charge in [-0.25, -0.2) is 0 Å². The minimum atomic E-state index is -1.12. The number of aliphatic hydroxyl groups is 1. The van der Waals surface area contributed by atoms with Crippen molar-refractivity contribution < 1.29 is 14.6 Å². The topological polar surface area (TPSA) is 46.5 Å². The number of esters is 1. The van der Waals surface area contributed by atoms with Crippen molar-refractivity contribution in [2.24, 2.45) is 0 Å². The molecule has 1 atom stereocenters. The summed E-state index contributed by atoms with van der Waals surface area (Å²) in [6.07, 6.45) is 1.36. The third-order valence-electron chi connectivity index (χ3n) is 2.97. The minimum absolute atomic E-state index is 0.00218. The molecule has 0 radical (unpaired) electrons. The van der Waals surface area contributed by atoms with Crippen LogP contribution in [-0.2, 0) is 15.1 Å². The van der Waals surface area contributed by atoms with Crippen LogP contribution in [0.15, 0.2) is 24.3 Å². The Morgan fingerprint density at radius 3 is 2.59 bits per heavy atom. The molecule has 0 fully saturated rings. The highest BCUT2D eigenvalue weighted by Crippen LogP contribution is 2.32. The maximum Gasteiger partial charge on any atom is 0.308 e. The molecule has 1 aromatic carbocycles. The molecule has 0 heterocycles. The van der Waals surface area contributed by atoms with Crippen LogP contribution in [0.2, 0.25) is 0 Å². The second-order valence-corrected chi connectivity index (χ2v) is 4.35. The van der Waals surface area contributed by atoms with E-state index in [9.17, 15) is 9.90 Å². The van der Waals surface area contributed by atoms with Crippen molar-refractivity contribution in [3.05, 3.63) is 35.4 Å². The van der Waals surface area contributed by atoms with Gasteiger partial charge in [0.25, 0.3) is 0 Å². The van der Waals surface area contributed by atoms with Crippen LogP contribution in [0.3, 0.4) is 0 Å². The van der Waals surface area contributed by atoms with Gasteiger partial charge in [-0.1, -0.05) is 37.6 Å². The third-order valence-corrected chi connectivity index (χ3v) is 2.97. The van der Waals surface area contributed by atoms with Crippen molar-refractivity contribution in [2.45, 2.75) is 38.7 Å². The Balaban J connectivity index is 3.06. The second kappa shape index (κ2) is 5.82. The van der Waals surface area contributed by atoms with Gasteiger partial charge in [-0.2, -0.15) is 0 Å². The van der Waals surface area contributed by atoms with Gasteiger partial charge in [0.05, 0.1) is 13.5 Å². The van der Waals surface area contributed by atoms with E-state index < -0.39 is 5.60 Å². The van der Waals surface area contributed by atoms with Gasteiger partial charge in [-0.3, -0.25) is 4.79 Å². The minimum Gasteiger partial charge on any atom is -0.469 e. The summed E-state index contributed by atoms with van der Waals surface area (Å²) >= 11 is 0. The number of hydrogen-bond acceptors (Lipinski definition) is 3. The van der Waals surface area contributed by atoms with Gasteiger partial charge in [0, 0.05) is 0 Å². The van der Waals surface area contributed by atoms with Crippen molar-refractivity contribution >= 4 is 5.97 Å². The lowest BCUT2D eigenvalue weighted by Crippen LogP contribution is -2.30. The van der Waals surface area contributed by atoms with Gasteiger partial charge in [0.1, 0.15) is 5.60 Å². The molecule has 1 unspecified atom stereocenters. The van der Waals surface area contributed by atoms with Crippen molar-refractivity contribution in [2.75, 3.05) is 7.11 Å². The third kappa shape index (κ3) is 3.30. The van der Waals surface area contributed by atoms with Crippen LogP contribution < -0.4 is 0 Å². The average Bonchev–Trinajstić information content (AvgIpc) is 2.29. The Morgan fingerprint density at radius 1 is 1.41 bits per heavy atom. The van der Waals surface area contributed by atoms with Gasteiger partial charge in [0.15, 0.2) is 0 Å². The monoisotopic (exact) mass is 236 g/mol. The van der Waals surface area contributed by atoms with Crippen LogP contribution >= 0.6 is 0 Å². The van der Waals surface area contributed by atoms with Crippen molar-refractivity contribution in [1.82, 2.24) is 0 Å². The van der Waals surface area contributed by atoms with Gasteiger partial charge >= 0.3 is 5.97 Å². The Kier molecular flexibility index (Phi) is 4.70. The number of carbonyl (C=O) groups is 1. The van der Waals surface area contributed by atoms with E-state index in [1.54, 1.807) is 0 Å². The molecule has 0 aliphatic heterocycles. The molecule has 3 nitrogen and oxygen atoms in total. The summed E-state index contributed by atoms with van der Waals surface area (Å²) in [6.45, 7) is 3.92. The number of aryl methyl sites for hydroxylation is 1. The fourth-order valence-electron chi connectivity index (χ4n) is 2.14. The molecule has 0 aliphatic carbocycles. The number of ether oxygens (including phenoxy) is 1. The number of methoxy groups -OCH3 is 1. The lowest BCUT2D eigenvalue weighted by atomic mass is 9.84.